The van der Waals surface area contributed by atoms with Crippen molar-refractivity contribution in [2.75, 3.05) is 26.4 Å². The van der Waals surface area contributed by atoms with E-state index in [0.717, 1.165) is 44.9 Å². The van der Waals surface area contributed by atoms with Crippen molar-refractivity contribution in [3.8, 4) is 0 Å². The van der Waals surface area contributed by atoms with E-state index in [0.29, 0.717) is 6.42 Å². The molecule has 3 saturated heterocycles. The van der Waals surface area contributed by atoms with Gasteiger partial charge in [-0.2, -0.15) is 0 Å². The number of aliphatic hydroxyl groups excluding tert-OH is 11. The second-order valence-electron chi connectivity index (χ2n) is 30.3. The van der Waals surface area contributed by atoms with Crippen molar-refractivity contribution in [3.63, 3.8) is 0 Å². The molecule has 0 aromatic heterocycles. The van der Waals surface area contributed by atoms with Crippen LogP contribution in [0.3, 0.4) is 0 Å². The van der Waals surface area contributed by atoms with Gasteiger partial charge in [-0.25, -0.2) is 0 Å². The second-order valence-corrected chi connectivity index (χ2v) is 30.3. The summed E-state index contributed by atoms with van der Waals surface area (Å²) in [4.78, 5) is 13.5. The highest BCUT2D eigenvalue weighted by molar-refractivity contribution is 5.76. The van der Waals surface area contributed by atoms with Gasteiger partial charge >= 0.3 is 0 Å². The SMILES string of the molecule is CCCCCCCCCCCCCCCCCCCCCCCCCCC/C=C/C(O)C(COC1OC(CO)C(OC2OC(CO)C(OC3OC(CO)C(O)C(O)C3O)C(O)C2O)C(O)C1O)NC(=O)CCCCCCCCCCCCCCCCCCCCCCCCCCCCCC. The van der Waals surface area contributed by atoms with Crippen LogP contribution in [0.15, 0.2) is 12.2 Å². The molecule has 3 aliphatic rings. The molecule has 0 spiro atoms. The maximum absolute atomic E-state index is 13.5. The molecule has 19 heteroatoms. The zero-order valence-electron chi connectivity index (χ0n) is 63.5. The Kier molecular flexibility index (Phi) is 58.0. The third kappa shape index (κ3) is 42.2. The molecular weight excluding hydrogens is 1270 g/mol. The minimum absolute atomic E-state index is 0.250. The van der Waals surface area contributed by atoms with Crippen LogP contribution in [0, 0.1) is 0 Å². The van der Waals surface area contributed by atoms with Crippen LogP contribution < -0.4 is 5.32 Å². The number of unbranched alkanes of at least 4 members (excludes halogenated alkanes) is 52. The first kappa shape index (κ1) is 92.7. The summed E-state index contributed by atoms with van der Waals surface area (Å²) < 4.78 is 34.5. The first-order chi connectivity index (χ1) is 48.8. The number of allylic oxidation sites excluding steroid dienone is 1. The molecule has 19 nitrogen and oxygen atoms in total. The van der Waals surface area contributed by atoms with Crippen molar-refractivity contribution in [3.05, 3.63) is 12.2 Å². The molecule has 3 aliphatic heterocycles. The lowest BCUT2D eigenvalue weighted by atomic mass is 9.96. The van der Waals surface area contributed by atoms with Crippen molar-refractivity contribution in [1.29, 1.82) is 0 Å². The van der Waals surface area contributed by atoms with E-state index in [1.807, 2.05) is 6.08 Å². The number of carbonyl (C=O) groups excluding carboxylic acids is 1. The van der Waals surface area contributed by atoms with Crippen molar-refractivity contribution >= 4 is 5.91 Å². The molecule has 17 unspecified atom stereocenters. The maximum atomic E-state index is 13.5. The summed E-state index contributed by atoms with van der Waals surface area (Å²) in [5.74, 6) is -0.266. The minimum atomic E-state index is -1.98. The Bertz CT molecular complexity index is 1850. The van der Waals surface area contributed by atoms with Gasteiger partial charge in [0.15, 0.2) is 18.9 Å². The predicted molar refractivity (Wildman–Crippen MR) is 397 cm³/mol. The smallest absolute Gasteiger partial charge is 0.220 e. The number of hydrogen-bond acceptors (Lipinski definition) is 18. The summed E-state index contributed by atoms with van der Waals surface area (Å²) in [6.45, 7) is 1.81. The van der Waals surface area contributed by atoms with Gasteiger partial charge in [0.2, 0.25) is 5.91 Å². The number of rotatable bonds is 68. The van der Waals surface area contributed by atoms with Crippen LogP contribution in [0.4, 0.5) is 0 Å². The summed E-state index contributed by atoms with van der Waals surface area (Å²) in [6.07, 6.45) is 47.8. The highest BCUT2D eigenvalue weighted by atomic mass is 16.8. The monoisotopic (exact) mass is 1430 g/mol. The molecular formula is C81H155NO18. The Labute approximate surface area is 607 Å². The summed E-state index contributed by atoms with van der Waals surface area (Å²) in [6, 6.07) is -0.970. The lowest BCUT2D eigenvalue weighted by Crippen LogP contribution is -2.66. The van der Waals surface area contributed by atoms with Crippen molar-refractivity contribution in [2.45, 2.75) is 471 Å². The third-order valence-corrected chi connectivity index (χ3v) is 21.3. The van der Waals surface area contributed by atoms with Crippen LogP contribution in [-0.2, 0) is 33.2 Å². The second kappa shape index (κ2) is 62.6. The van der Waals surface area contributed by atoms with E-state index in [1.165, 1.54) is 295 Å². The minimum Gasteiger partial charge on any atom is -0.394 e. The van der Waals surface area contributed by atoms with E-state index in [1.54, 1.807) is 6.08 Å². The average molecular weight is 1430 g/mol. The predicted octanol–water partition coefficient (Wildman–Crippen LogP) is 14.3. The molecule has 592 valence electrons. The van der Waals surface area contributed by atoms with Crippen LogP contribution in [0.25, 0.3) is 0 Å². The fraction of sp³-hybridized carbons (Fsp3) is 0.963. The van der Waals surface area contributed by atoms with Gasteiger partial charge in [0.1, 0.15) is 73.2 Å². The quantitative estimate of drug-likeness (QED) is 0.0199. The molecule has 12 N–H and O–H groups in total. The molecule has 1 amide bonds. The van der Waals surface area contributed by atoms with Gasteiger partial charge in [-0.15, -0.1) is 0 Å². The normalized spacial score (nSPS) is 26.4. The van der Waals surface area contributed by atoms with E-state index in [9.17, 15) is 61.0 Å². The first-order valence-electron chi connectivity index (χ1n) is 41.9. The number of carbonyl (C=O) groups is 1. The summed E-state index contributed by atoms with van der Waals surface area (Å²) in [5.41, 5.74) is 0. The van der Waals surface area contributed by atoms with Crippen LogP contribution >= 0.6 is 0 Å². The zero-order valence-corrected chi connectivity index (χ0v) is 63.5. The molecule has 0 aromatic carbocycles. The van der Waals surface area contributed by atoms with Gasteiger partial charge in [-0.1, -0.05) is 353 Å². The molecule has 0 aromatic rings. The van der Waals surface area contributed by atoms with Crippen molar-refractivity contribution < 1.29 is 89.4 Å². The Morgan fingerprint density at radius 3 is 0.940 bits per heavy atom. The van der Waals surface area contributed by atoms with Crippen LogP contribution in [0.1, 0.15) is 367 Å². The molecule has 3 fully saturated rings. The molecule has 3 heterocycles. The standard InChI is InChI=1S/C81H155NO18/c1-3-5-7-9-11-13-15-17-19-21-23-25-27-29-31-33-35-37-39-41-43-45-47-49-51-53-55-57-59-69(87)82-64(65(86)58-56-54-52-50-48-46-44-42-40-38-36-34-32-30-28-26-24-22-20-18-16-14-12-10-8-6-4-2)63-95-79-75(93)72(90)77(67(61-84)97-79)100-81-76(94)73(91)78(68(62-85)98-81)99-80-74(92)71(89)70(88)66(60-83)96-80/h56,58,64-68,70-81,83-86,88-94H,3-55,57,59-63H2,1-2H3,(H,82,87)/b58-56+. The Hall–Kier alpha value is -1.47. The van der Waals surface area contributed by atoms with Crippen LogP contribution in [-0.4, -0.2) is 193 Å². The van der Waals surface area contributed by atoms with Gasteiger partial charge in [-0.05, 0) is 19.3 Å². The van der Waals surface area contributed by atoms with E-state index in [-0.39, 0.29) is 18.9 Å². The summed E-state index contributed by atoms with van der Waals surface area (Å²) >= 11 is 0. The number of ether oxygens (including phenoxy) is 6. The molecule has 0 saturated carbocycles. The molecule has 100 heavy (non-hydrogen) atoms. The van der Waals surface area contributed by atoms with E-state index >= 15 is 0 Å². The highest BCUT2D eigenvalue weighted by Gasteiger charge is 2.54. The van der Waals surface area contributed by atoms with E-state index in [4.69, 9.17) is 28.4 Å². The average Bonchev–Trinajstić information content (AvgIpc) is 0.781. The highest BCUT2D eigenvalue weighted by Crippen LogP contribution is 2.33. The van der Waals surface area contributed by atoms with Crippen molar-refractivity contribution in [2.24, 2.45) is 0 Å². The largest absolute Gasteiger partial charge is 0.394 e. The van der Waals surface area contributed by atoms with Crippen molar-refractivity contribution in [1.82, 2.24) is 5.32 Å². The lowest BCUT2D eigenvalue weighted by molar-refractivity contribution is -0.379. The third-order valence-electron chi connectivity index (χ3n) is 21.3. The fourth-order valence-corrected chi connectivity index (χ4v) is 14.6. The van der Waals surface area contributed by atoms with Gasteiger partial charge in [0.05, 0.1) is 38.6 Å². The van der Waals surface area contributed by atoms with Gasteiger partial charge < -0.3 is 89.9 Å². The Morgan fingerprint density at radius 2 is 0.620 bits per heavy atom. The first-order valence-corrected chi connectivity index (χ1v) is 41.9. The Balaban J connectivity index is 1.36. The van der Waals surface area contributed by atoms with Crippen LogP contribution in [0.5, 0.6) is 0 Å². The van der Waals surface area contributed by atoms with Gasteiger partial charge in [0, 0.05) is 6.42 Å². The van der Waals surface area contributed by atoms with E-state index < -0.39 is 124 Å². The summed E-state index contributed by atoms with van der Waals surface area (Å²) in [5, 5.41) is 121. The fourth-order valence-electron chi connectivity index (χ4n) is 14.6. The Morgan fingerprint density at radius 1 is 0.350 bits per heavy atom. The molecule has 3 rings (SSSR count). The van der Waals surface area contributed by atoms with E-state index in [2.05, 4.69) is 19.2 Å². The summed E-state index contributed by atoms with van der Waals surface area (Å²) in [7, 11) is 0. The molecule has 0 radical (unpaired) electrons. The maximum Gasteiger partial charge on any atom is 0.220 e. The topological polar surface area (TPSA) is 307 Å². The number of aliphatic hydroxyl groups is 11. The number of amides is 1. The molecule has 0 aliphatic carbocycles. The van der Waals surface area contributed by atoms with Gasteiger partial charge in [-0.3, -0.25) is 4.79 Å². The number of hydrogen-bond donors (Lipinski definition) is 12. The van der Waals surface area contributed by atoms with Crippen LogP contribution in [0.2, 0.25) is 0 Å². The van der Waals surface area contributed by atoms with Gasteiger partial charge in [0.25, 0.3) is 0 Å². The zero-order chi connectivity index (χ0) is 72.5. The molecule has 0 bridgehead atoms. The number of nitrogens with one attached hydrogen (secondary N) is 1. The lowest BCUT2D eigenvalue weighted by Gasteiger charge is -2.48. The molecule has 17 atom stereocenters.